The van der Waals surface area contributed by atoms with Gasteiger partial charge in [0.05, 0.1) is 24.1 Å². The van der Waals surface area contributed by atoms with E-state index in [-0.39, 0.29) is 11.4 Å². The quantitative estimate of drug-likeness (QED) is 0.903. The summed E-state index contributed by atoms with van der Waals surface area (Å²) in [6, 6.07) is 3.19. The Balaban J connectivity index is 2.69. The largest absolute Gasteiger partial charge is 0.481 e. The molecule has 2 aromatic rings. The Kier molecular flexibility index (Phi) is 3.89. The molecule has 2 rings (SSSR count). The van der Waals surface area contributed by atoms with Crippen molar-refractivity contribution in [3.05, 3.63) is 35.7 Å². The average molecular weight is 313 g/mol. The van der Waals surface area contributed by atoms with Gasteiger partial charge >= 0.3 is 12.1 Å². The fourth-order valence-corrected chi connectivity index (χ4v) is 1.78. The molecule has 0 saturated heterocycles. The molecule has 0 fully saturated rings. The number of nitrogen functional groups attached to an aromatic ring is 1. The summed E-state index contributed by atoms with van der Waals surface area (Å²) < 4.78 is 44.1. The minimum absolute atomic E-state index is 0.00405. The maximum atomic E-state index is 13.1. The van der Waals surface area contributed by atoms with Crippen LogP contribution in [0.15, 0.2) is 24.4 Å². The Labute approximate surface area is 122 Å². The number of hydrogen-bond donors (Lipinski definition) is 2. The molecule has 0 aromatic carbocycles. The number of carboxylic acid groups (broad SMARTS) is 1. The lowest BCUT2D eigenvalue weighted by Crippen LogP contribution is -2.14. The van der Waals surface area contributed by atoms with E-state index in [9.17, 15) is 18.0 Å². The fraction of sp³-hybridized carbons (Fsp3) is 0.154. The molecule has 0 atom stereocenters. The van der Waals surface area contributed by atoms with Crippen LogP contribution in [0.4, 0.5) is 18.9 Å². The zero-order valence-electron chi connectivity index (χ0n) is 11.2. The van der Waals surface area contributed by atoms with Gasteiger partial charge in [-0.1, -0.05) is 0 Å². The highest BCUT2D eigenvalue weighted by Crippen LogP contribution is 2.37. The van der Waals surface area contributed by atoms with Gasteiger partial charge in [0.15, 0.2) is 5.69 Å². The van der Waals surface area contributed by atoms with Gasteiger partial charge in [-0.3, -0.25) is 0 Å². The summed E-state index contributed by atoms with van der Waals surface area (Å²) in [6.45, 7) is 0. The normalized spacial score (nSPS) is 11.3. The van der Waals surface area contributed by atoms with Crippen molar-refractivity contribution in [3.63, 3.8) is 0 Å². The highest BCUT2D eigenvalue weighted by Gasteiger charge is 2.36. The van der Waals surface area contributed by atoms with Gasteiger partial charge in [0.25, 0.3) is 0 Å². The minimum atomic E-state index is -4.74. The van der Waals surface area contributed by atoms with Gasteiger partial charge in [-0.15, -0.1) is 0 Å². The van der Waals surface area contributed by atoms with Crippen molar-refractivity contribution in [2.75, 3.05) is 12.8 Å². The molecule has 0 radical (unpaired) electrons. The van der Waals surface area contributed by atoms with Crippen LogP contribution in [-0.4, -0.2) is 28.2 Å². The van der Waals surface area contributed by atoms with Crippen LogP contribution in [0.1, 0.15) is 16.1 Å². The number of alkyl halides is 3. The summed E-state index contributed by atoms with van der Waals surface area (Å²) in [5.74, 6) is -1.32. The maximum absolute atomic E-state index is 13.1. The number of pyridine rings is 2. The smallest absolute Gasteiger partial charge is 0.418 e. The first-order chi connectivity index (χ1) is 10.2. The van der Waals surface area contributed by atoms with E-state index in [2.05, 4.69) is 9.97 Å². The fourth-order valence-electron chi connectivity index (χ4n) is 1.78. The molecule has 6 nitrogen and oxygen atoms in total. The molecule has 0 bridgehead atoms. The third-order valence-electron chi connectivity index (χ3n) is 2.78. The Bertz CT molecular complexity index is 715. The average Bonchev–Trinajstić information content (AvgIpc) is 2.46. The van der Waals surface area contributed by atoms with Crippen molar-refractivity contribution < 1.29 is 27.8 Å². The van der Waals surface area contributed by atoms with E-state index in [4.69, 9.17) is 15.6 Å². The second-order valence-corrected chi connectivity index (χ2v) is 4.21. The Hall–Kier alpha value is -2.84. The molecule has 9 heteroatoms. The predicted octanol–water partition coefficient (Wildman–Crippen LogP) is 2.45. The molecule has 116 valence electrons. The van der Waals surface area contributed by atoms with E-state index >= 15 is 0 Å². The molecular weight excluding hydrogens is 303 g/mol. The number of nitrogens with zero attached hydrogens (tertiary/aromatic N) is 2. The van der Waals surface area contributed by atoms with E-state index in [1.54, 1.807) is 0 Å². The lowest BCUT2D eigenvalue weighted by molar-refractivity contribution is -0.137. The van der Waals surface area contributed by atoms with Gasteiger partial charge in [-0.05, 0) is 12.1 Å². The molecule has 0 spiro atoms. The van der Waals surface area contributed by atoms with Crippen molar-refractivity contribution in [1.29, 1.82) is 0 Å². The third-order valence-corrected chi connectivity index (χ3v) is 2.78. The molecule has 0 amide bonds. The molecule has 0 aliphatic heterocycles. The highest BCUT2D eigenvalue weighted by molar-refractivity contribution is 5.92. The SMILES string of the molecule is COc1ccc(-c2nc(C(=O)O)c(N)cc2C(F)(F)F)cn1. The van der Waals surface area contributed by atoms with Gasteiger partial charge < -0.3 is 15.6 Å². The zero-order chi connectivity index (χ0) is 16.5. The first kappa shape index (κ1) is 15.5. The summed E-state index contributed by atoms with van der Waals surface area (Å²) >= 11 is 0. The van der Waals surface area contributed by atoms with E-state index < -0.39 is 34.8 Å². The van der Waals surface area contributed by atoms with E-state index in [1.807, 2.05) is 0 Å². The number of halogens is 3. The summed E-state index contributed by atoms with van der Waals surface area (Å²) in [5.41, 5.74) is 2.41. The summed E-state index contributed by atoms with van der Waals surface area (Å²) in [7, 11) is 1.35. The van der Waals surface area contributed by atoms with Crippen LogP contribution in [-0.2, 0) is 6.18 Å². The number of ether oxygens (including phenoxy) is 1. The summed E-state index contributed by atoms with van der Waals surface area (Å²) in [6.07, 6.45) is -3.63. The van der Waals surface area contributed by atoms with Crippen LogP contribution in [0.25, 0.3) is 11.3 Å². The van der Waals surface area contributed by atoms with Crippen LogP contribution in [0.2, 0.25) is 0 Å². The van der Waals surface area contributed by atoms with Crippen LogP contribution >= 0.6 is 0 Å². The van der Waals surface area contributed by atoms with Crippen molar-refractivity contribution in [2.45, 2.75) is 6.18 Å². The van der Waals surface area contributed by atoms with Gasteiger partial charge in [0, 0.05) is 17.8 Å². The second kappa shape index (κ2) is 5.51. The molecular formula is C13H10F3N3O3. The first-order valence-corrected chi connectivity index (χ1v) is 5.85. The number of anilines is 1. The number of rotatable bonds is 3. The van der Waals surface area contributed by atoms with E-state index in [1.165, 1.54) is 19.2 Å². The van der Waals surface area contributed by atoms with Crippen LogP contribution < -0.4 is 10.5 Å². The Morgan fingerprint density at radius 2 is 2.05 bits per heavy atom. The van der Waals surface area contributed by atoms with Gasteiger partial charge in [0.2, 0.25) is 5.88 Å². The second-order valence-electron chi connectivity index (χ2n) is 4.21. The standard InChI is InChI=1S/C13H10F3N3O3/c1-22-9-3-2-6(5-18-9)10-7(13(14,15)16)4-8(17)11(19-10)12(20)21/h2-5H,17H2,1H3,(H,20,21). The number of hydrogen-bond acceptors (Lipinski definition) is 5. The van der Waals surface area contributed by atoms with Crippen molar-refractivity contribution in [3.8, 4) is 17.1 Å². The van der Waals surface area contributed by atoms with Crippen molar-refractivity contribution >= 4 is 11.7 Å². The first-order valence-electron chi connectivity index (χ1n) is 5.85. The topological polar surface area (TPSA) is 98.3 Å². The number of carboxylic acids is 1. The van der Waals surface area contributed by atoms with E-state index in [0.717, 1.165) is 6.20 Å². The maximum Gasteiger partial charge on any atom is 0.418 e. The van der Waals surface area contributed by atoms with Crippen molar-refractivity contribution in [2.24, 2.45) is 0 Å². The molecule has 0 saturated carbocycles. The lowest BCUT2D eigenvalue weighted by atomic mass is 10.1. The number of nitrogens with two attached hydrogens (primary N) is 1. The molecule has 2 aromatic heterocycles. The predicted molar refractivity (Wildman–Crippen MR) is 70.4 cm³/mol. The number of aromatic nitrogens is 2. The monoisotopic (exact) mass is 313 g/mol. The van der Waals surface area contributed by atoms with Crippen molar-refractivity contribution in [1.82, 2.24) is 9.97 Å². The number of aromatic carboxylic acids is 1. The highest BCUT2D eigenvalue weighted by atomic mass is 19.4. The van der Waals surface area contributed by atoms with E-state index in [0.29, 0.717) is 6.07 Å². The molecule has 22 heavy (non-hydrogen) atoms. The van der Waals surface area contributed by atoms with Gasteiger partial charge in [-0.2, -0.15) is 13.2 Å². The lowest BCUT2D eigenvalue weighted by Gasteiger charge is -2.14. The Morgan fingerprint density at radius 1 is 1.36 bits per heavy atom. The molecule has 3 N–H and O–H groups in total. The third kappa shape index (κ3) is 2.92. The molecule has 0 unspecified atom stereocenters. The molecule has 0 aliphatic carbocycles. The minimum Gasteiger partial charge on any atom is -0.481 e. The van der Waals surface area contributed by atoms with Crippen LogP contribution in [0, 0.1) is 0 Å². The number of carbonyl (C=O) groups is 1. The Morgan fingerprint density at radius 3 is 2.50 bits per heavy atom. The molecule has 2 heterocycles. The summed E-state index contributed by atoms with van der Waals surface area (Å²) in [5, 5.41) is 8.95. The summed E-state index contributed by atoms with van der Waals surface area (Å²) in [4.78, 5) is 18.3. The van der Waals surface area contributed by atoms with Gasteiger partial charge in [-0.25, -0.2) is 14.8 Å². The van der Waals surface area contributed by atoms with Crippen LogP contribution in [0.5, 0.6) is 5.88 Å². The zero-order valence-corrected chi connectivity index (χ0v) is 11.2. The molecule has 0 aliphatic rings. The van der Waals surface area contributed by atoms with Gasteiger partial charge in [0.1, 0.15) is 0 Å². The van der Waals surface area contributed by atoms with Crippen LogP contribution in [0.3, 0.4) is 0 Å². The number of methoxy groups -OCH3 is 1.